The van der Waals surface area contributed by atoms with Crippen LogP contribution in [0.15, 0.2) is 18.2 Å². The highest BCUT2D eigenvalue weighted by Gasteiger charge is 2.33. The average molecular weight is 302 g/mol. The molecule has 1 N–H and O–H groups in total. The van der Waals surface area contributed by atoms with Crippen LogP contribution in [0.4, 0.5) is 4.39 Å². The van der Waals surface area contributed by atoms with Crippen molar-refractivity contribution in [3.63, 3.8) is 0 Å². The third-order valence-corrected chi connectivity index (χ3v) is 3.30. The summed E-state index contributed by atoms with van der Waals surface area (Å²) >= 11 is 5.56. The quantitative estimate of drug-likeness (QED) is 0.904. The average Bonchev–Trinajstić information content (AvgIpc) is 2.40. The maximum absolute atomic E-state index is 13.4. The molecule has 0 spiro atoms. The largest absolute Gasteiger partial charge is 0.479 e. The Morgan fingerprint density at radius 3 is 2.75 bits per heavy atom. The van der Waals surface area contributed by atoms with E-state index in [1.807, 2.05) is 0 Å². The summed E-state index contributed by atoms with van der Waals surface area (Å²) in [5, 5.41) is 8.90. The second kappa shape index (κ2) is 5.76. The van der Waals surface area contributed by atoms with Gasteiger partial charge in [0.1, 0.15) is 5.82 Å². The van der Waals surface area contributed by atoms with Crippen LogP contribution in [-0.2, 0) is 9.53 Å². The molecule has 0 bridgehead atoms. The minimum absolute atomic E-state index is 0.0667. The summed E-state index contributed by atoms with van der Waals surface area (Å²) in [7, 11) is 0. The number of aliphatic carboxylic acids is 1. The number of halogens is 2. The Labute approximate surface area is 119 Å². The smallest absolute Gasteiger partial charge is 0.334 e. The summed E-state index contributed by atoms with van der Waals surface area (Å²) in [6.07, 6.45) is -1.47. The van der Waals surface area contributed by atoms with Gasteiger partial charge in [-0.25, -0.2) is 9.18 Å². The van der Waals surface area contributed by atoms with E-state index in [9.17, 15) is 14.0 Å². The number of ether oxygens (including phenoxy) is 1. The van der Waals surface area contributed by atoms with E-state index in [4.69, 9.17) is 21.4 Å². The van der Waals surface area contributed by atoms with E-state index in [1.54, 1.807) is 6.92 Å². The first-order chi connectivity index (χ1) is 9.38. The fourth-order valence-electron chi connectivity index (χ4n) is 2.07. The number of benzene rings is 1. The lowest BCUT2D eigenvalue weighted by Crippen LogP contribution is -2.51. The van der Waals surface area contributed by atoms with Crippen molar-refractivity contribution >= 4 is 23.5 Å². The minimum Gasteiger partial charge on any atom is -0.479 e. The highest BCUT2D eigenvalue weighted by atomic mass is 35.5. The first kappa shape index (κ1) is 14.7. The molecule has 1 aliphatic rings. The third kappa shape index (κ3) is 3.08. The Hall–Kier alpha value is -1.66. The van der Waals surface area contributed by atoms with Crippen LogP contribution in [0.5, 0.6) is 0 Å². The molecule has 5 nitrogen and oxygen atoms in total. The van der Waals surface area contributed by atoms with E-state index in [1.165, 1.54) is 17.0 Å². The molecular weight excluding hydrogens is 289 g/mol. The van der Waals surface area contributed by atoms with Crippen LogP contribution < -0.4 is 0 Å². The molecular formula is C13H13ClFNO4. The van der Waals surface area contributed by atoms with Crippen molar-refractivity contribution in [1.82, 2.24) is 4.90 Å². The number of carboxylic acid groups (broad SMARTS) is 1. The van der Waals surface area contributed by atoms with Gasteiger partial charge in [-0.2, -0.15) is 0 Å². The predicted octanol–water partition coefficient (Wildman–Crippen LogP) is 1.79. The van der Waals surface area contributed by atoms with E-state index >= 15 is 0 Å². The Kier molecular flexibility index (Phi) is 4.25. The molecule has 1 aromatic carbocycles. The molecule has 1 aromatic rings. The molecule has 1 amide bonds. The molecule has 0 aromatic heterocycles. The van der Waals surface area contributed by atoms with Crippen molar-refractivity contribution in [3.8, 4) is 0 Å². The van der Waals surface area contributed by atoms with Gasteiger partial charge in [0, 0.05) is 12.1 Å². The minimum atomic E-state index is -1.13. The Bertz CT molecular complexity index is 551. The third-order valence-electron chi connectivity index (χ3n) is 2.99. The van der Waals surface area contributed by atoms with Gasteiger partial charge in [0.15, 0.2) is 6.10 Å². The SMILES string of the molecule is C[C@@H]1CN(C(=O)c2ccc(Cl)c(F)c2)CC(C(=O)O)O1. The van der Waals surface area contributed by atoms with E-state index in [0.29, 0.717) is 0 Å². The predicted molar refractivity (Wildman–Crippen MR) is 69.3 cm³/mol. The van der Waals surface area contributed by atoms with E-state index in [-0.39, 0.29) is 23.7 Å². The highest BCUT2D eigenvalue weighted by molar-refractivity contribution is 6.30. The van der Waals surface area contributed by atoms with Crippen molar-refractivity contribution in [2.75, 3.05) is 13.1 Å². The zero-order chi connectivity index (χ0) is 14.9. The van der Waals surface area contributed by atoms with Crippen LogP contribution in [-0.4, -0.2) is 47.2 Å². The number of carbonyl (C=O) groups is 2. The Morgan fingerprint density at radius 1 is 1.45 bits per heavy atom. The van der Waals surface area contributed by atoms with Crippen LogP contribution in [0.25, 0.3) is 0 Å². The standard InChI is InChI=1S/C13H13ClFNO4/c1-7-5-16(6-11(20-7)13(18)19)12(17)8-2-3-9(14)10(15)4-8/h2-4,7,11H,5-6H2,1H3,(H,18,19)/t7-,11?/m1/s1. The molecule has 1 unspecified atom stereocenters. The molecule has 2 rings (SSSR count). The number of nitrogens with zero attached hydrogens (tertiary/aromatic N) is 1. The van der Waals surface area contributed by atoms with Gasteiger partial charge < -0.3 is 14.7 Å². The van der Waals surface area contributed by atoms with E-state index in [2.05, 4.69) is 0 Å². The Morgan fingerprint density at radius 2 is 2.15 bits per heavy atom. The topological polar surface area (TPSA) is 66.8 Å². The van der Waals surface area contributed by atoms with Crippen LogP contribution in [0.2, 0.25) is 5.02 Å². The lowest BCUT2D eigenvalue weighted by atomic mass is 10.1. The van der Waals surface area contributed by atoms with Crippen LogP contribution >= 0.6 is 11.6 Å². The van der Waals surface area contributed by atoms with Gasteiger partial charge >= 0.3 is 5.97 Å². The second-order valence-electron chi connectivity index (χ2n) is 4.61. The van der Waals surface area contributed by atoms with Gasteiger partial charge in [-0.05, 0) is 25.1 Å². The summed E-state index contributed by atoms with van der Waals surface area (Å²) in [4.78, 5) is 24.6. The summed E-state index contributed by atoms with van der Waals surface area (Å²) in [5.74, 6) is -2.26. The lowest BCUT2D eigenvalue weighted by molar-refractivity contribution is -0.160. The monoisotopic (exact) mass is 301 g/mol. The van der Waals surface area contributed by atoms with Crippen LogP contribution in [0.3, 0.4) is 0 Å². The van der Waals surface area contributed by atoms with Gasteiger partial charge in [0.2, 0.25) is 0 Å². The van der Waals surface area contributed by atoms with Crippen molar-refractivity contribution < 1.29 is 23.8 Å². The first-order valence-corrected chi connectivity index (χ1v) is 6.39. The van der Waals surface area contributed by atoms with Crippen molar-refractivity contribution in [1.29, 1.82) is 0 Å². The van der Waals surface area contributed by atoms with Crippen LogP contribution in [0, 0.1) is 5.82 Å². The molecule has 0 aliphatic carbocycles. The summed E-state index contributed by atoms with van der Waals surface area (Å²) in [5.41, 5.74) is 0.130. The first-order valence-electron chi connectivity index (χ1n) is 6.01. The summed E-state index contributed by atoms with van der Waals surface area (Å²) in [6, 6.07) is 3.74. The van der Waals surface area contributed by atoms with Crippen molar-refractivity contribution in [2.24, 2.45) is 0 Å². The molecule has 1 heterocycles. The fourth-order valence-corrected chi connectivity index (χ4v) is 2.18. The van der Waals surface area contributed by atoms with E-state index in [0.717, 1.165) is 6.07 Å². The Balaban J connectivity index is 2.19. The molecule has 1 aliphatic heterocycles. The van der Waals surface area contributed by atoms with Gasteiger partial charge in [0.25, 0.3) is 5.91 Å². The molecule has 108 valence electrons. The molecule has 0 radical (unpaired) electrons. The molecule has 2 atom stereocenters. The van der Waals surface area contributed by atoms with Gasteiger partial charge in [-0.15, -0.1) is 0 Å². The number of carboxylic acids is 1. The highest BCUT2D eigenvalue weighted by Crippen LogP contribution is 2.19. The van der Waals surface area contributed by atoms with Gasteiger partial charge in [-0.3, -0.25) is 4.79 Å². The van der Waals surface area contributed by atoms with E-state index < -0.39 is 29.9 Å². The summed E-state index contributed by atoms with van der Waals surface area (Å²) in [6.45, 7) is 1.87. The van der Waals surface area contributed by atoms with Crippen LogP contribution in [0.1, 0.15) is 17.3 Å². The number of amides is 1. The molecule has 1 fully saturated rings. The second-order valence-corrected chi connectivity index (χ2v) is 5.02. The lowest BCUT2D eigenvalue weighted by Gasteiger charge is -2.35. The number of rotatable bonds is 2. The number of hydrogen-bond acceptors (Lipinski definition) is 3. The zero-order valence-electron chi connectivity index (χ0n) is 10.7. The number of carbonyl (C=O) groups excluding carboxylic acids is 1. The molecule has 1 saturated heterocycles. The maximum atomic E-state index is 13.4. The molecule has 7 heteroatoms. The van der Waals surface area contributed by atoms with Crippen molar-refractivity contribution in [2.45, 2.75) is 19.1 Å². The number of morpholine rings is 1. The maximum Gasteiger partial charge on any atom is 0.334 e. The molecule has 0 saturated carbocycles. The summed E-state index contributed by atoms with van der Waals surface area (Å²) < 4.78 is 18.6. The van der Waals surface area contributed by atoms with Crippen molar-refractivity contribution in [3.05, 3.63) is 34.6 Å². The van der Waals surface area contributed by atoms with Gasteiger partial charge in [-0.1, -0.05) is 11.6 Å². The number of hydrogen-bond donors (Lipinski definition) is 1. The normalized spacial score (nSPS) is 22.6. The zero-order valence-corrected chi connectivity index (χ0v) is 11.4. The van der Waals surface area contributed by atoms with Gasteiger partial charge in [0.05, 0.1) is 17.7 Å². The fraction of sp³-hybridized carbons (Fsp3) is 0.385. The molecule has 20 heavy (non-hydrogen) atoms.